The van der Waals surface area contributed by atoms with E-state index in [0.717, 1.165) is 5.56 Å². The van der Waals surface area contributed by atoms with Crippen LogP contribution in [0.5, 0.6) is 0 Å². The molecule has 1 aromatic carbocycles. The Bertz CT molecular complexity index is 542. The van der Waals surface area contributed by atoms with Crippen LogP contribution in [0.25, 0.3) is 0 Å². The summed E-state index contributed by atoms with van der Waals surface area (Å²) in [6.45, 7) is 0.448. The van der Waals surface area contributed by atoms with Gasteiger partial charge in [0.05, 0.1) is 5.75 Å². The fourth-order valence-corrected chi connectivity index (χ4v) is 3.44. The van der Waals surface area contributed by atoms with Crippen LogP contribution in [0.3, 0.4) is 0 Å². The van der Waals surface area contributed by atoms with E-state index in [1.54, 1.807) is 11.9 Å². The van der Waals surface area contributed by atoms with Gasteiger partial charge in [0.25, 0.3) is 0 Å². The number of hydrogen-bond acceptors (Lipinski definition) is 3. The van der Waals surface area contributed by atoms with Gasteiger partial charge in [0.1, 0.15) is 0 Å². The van der Waals surface area contributed by atoms with Crippen LogP contribution in [0.1, 0.15) is 12.0 Å². The van der Waals surface area contributed by atoms with Crippen LogP contribution in [0.4, 0.5) is 0 Å². The minimum atomic E-state index is -3.34. The molecule has 1 saturated heterocycles. The van der Waals surface area contributed by atoms with Crippen LogP contribution in [0.15, 0.2) is 30.3 Å². The van der Waals surface area contributed by atoms with E-state index in [-0.39, 0.29) is 24.1 Å². The quantitative estimate of drug-likeness (QED) is 0.849. The number of likely N-dealkylation sites (tertiary alicyclic amines) is 1. The van der Waals surface area contributed by atoms with E-state index in [4.69, 9.17) is 0 Å². The Hall–Kier alpha value is -1.40. The number of hydrogen-bond donors (Lipinski definition) is 1. The standard InChI is InChI=1S/C13H18N2O3S/c1-15-10-12(9-13(15)16)14-19(17,18)8-7-11-5-3-2-4-6-11/h2-6,12,14H,7-10H2,1H3. The Morgan fingerprint density at radius 3 is 2.58 bits per heavy atom. The zero-order chi connectivity index (χ0) is 13.9. The number of sulfonamides is 1. The fraction of sp³-hybridized carbons (Fsp3) is 0.462. The molecule has 1 aliphatic heterocycles. The number of carbonyl (C=O) groups is 1. The summed E-state index contributed by atoms with van der Waals surface area (Å²) in [4.78, 5) is 12.9. The van der Waals surface area contributed by atoms with Crippen molar-refractivity contribution in [2.45, 2.75) is 18.9 Å². The van der Waals surface area contributed by atoms with Crippen molar-refractivity contribution in [1.82, 2.24) is 9.62 Å². The number of nitrogens with zero attached hydrogens (tertiary/aromatic N) is 1. The SMILES string of the molecule is CN1CC(NS(=O)(=O)CCc2ccccc2)CC1=O. The molecule has 0 spiro atoms. The molecule has 1 heterocycles. The van der Waals surface area contributed by atoms with Crippen LogP contribution >= 0.6 is 0 Å². The number of amides is 1. The Morgan fingerprint density at radius 2 is 2.00 bits per heavy atom. The fourth-order valence-electron chi connectivity index (χ4n) is 2.15. The highest BCUT2D eigenvalue weighted by atomic mass is 32.2. The molecule has 1 N–H and O–H groups in total. The average molecular weight is 282 g/mol. The maximum Gasteiger partial charge on any atom is 0.224 e. The first-order valence-electron chi connectivity index (χ1n) is 6.24. The molecule has 0 bridgehead atoms. The number of nitrogens with one attached hydrogen (secondary N) is 1. The van der Waals surface area contributed by atoms with Crippen molar-refractivity contribution in [1.29, 1.82) is 0 Å². The van der Waals surface area contributed by atoms with Gasteiger partial charge in [-0.1, -0.05) is 30.3 Å². The second-order valence-corrected chi connectivity index (χ2v) is 6.72. The van der Waals surface area contributed by atoms with E-state index in [9.17, 15) is 13.2 Å². The summed E-state index contributed by atoms with van der Waals surface area (Å²) in [5.74, 6) is 0.0292. The molecule has 1 aliphatic rings. The molecule has 1 aromatic rings. The second kappa shape index (κ2) is 5.71. The molecular formula is C13H18N2O3S. The zero-order valence-electron chi connectivity index (χ0n) is 10.9. The van der Waals surface area contributed by atoms with E-state index < -0.39 is 10.0 Å². The minimum absolute atomic E-state index is 0.0178. The highest BCUT2D eigenvalue weighted by molar-refractivity contribution is 7.89. The van der Waals surface area contributed by atoms with Gasteiger partial charge in [-0.2, -0.15) is 0 Å². The molecule has 1 amide bonds. The maximum atomic E-state index is 11.9. The van der Waals surface area contributed by atoms with Crippen molar-refractivity contribution in [3.63, 3.8) is 0 Å². The molecular weight excluding hydrogens is 264 g/mol. The molecule has 1 atom stereocenters. The third-order valence-corrected chi connectivity index (χ3v) is 4.62. The average Bonchev–Trinajstić information content (AvgIpc) is 2.66. The van der Waals surface area contributed by atoms with Gasteiger partial charge in [0, 0.05) is 26.1 Å². The summed E-state index contributed by atoms with van der Waals surface area (Å²) < 4.78 is 26.5. The summed E-state index contributed by atoms with van der Waals surface area (Å²) in [5, 5.41) is 0. The van der Waals surface area contributed by atoms with Gasteiger partial charge < -0.3 is 4.90 Å². The van der Waals surface area contributed by atoms with Crippen molar-refractivity contribution in [2.75, 3.05) is 19.3 Å². The molecule has 1 unspecified atom stereocenters. The molecule has 6 heteroatoms. The number of rotatable bonds is 5. The topological polar surface area (TPSA) is 66.5 Å². The van der Waals surface area contributed by atoms with Crippen LogP contribution in [-0.4, -0.2) is 44.6 Å². The van der Waals surface area contributed by atoms with Gasteiger partial charge in [0.15, 0.2) is 0 Å². The first kappa shape index (κ1) is 14.0. The van der Waals surface area contributed by atoms with Crippen molar-refractivity contribution in [2.24, 2.45) is 0 Å². The number of aryl methyl sites for hydroxylation is 1. The van der Waals surface area contributed by atoms with E-state index in [0.29, 0.717) is 13.0 Å². The highest BCUT2D eigenvalue weighted by Gasteiger charge is 2.29. The van der Waals surface area contributed by atoms with Crippen LogP contribution < -0.4 is 4.72 Å². The summed E-state index contributed by atoms with van der Waals surface area (Å²) in [6, 6.07) is 9.19. The van der Waals surface area contributed by atoms with Gasteiger partial charge in [-0.15, -0.1) is 0 Å². The number of benzene rings is 1. The predicted octanol–water partition coefficient (Wildman–Crippen LogP) is 0.379. The van der Waals surface area contributed by atoms with Gasteiger partial charge in [0.2, 0.25) is 15.9 Å². The van der Waals surface area contributed by atoms with E-state index in [1.807, 2.05) is 30.3 Å². The Morgan fingerprint density at radius 1 is 1.32 bits per heavy atom. The molecule has 0 saturated carbocycles. The lowest BCUT2D eigenvalue weighted by Crippen LogP contribution is -2.38. The van der Waals surface area contributed by atoms with E-state index in [1.165, 1.54) is 0 Å². The lowest BCUT2D eigenvalue weighted by Gasteiger charge is -2.12. The van der Waals surface area contributed by atoms with Crippen molar-refractivity contribution in [3.8, 4) is 0 Å². The highest BCUT2D eigenvalue weighted by Crippen LogP contribution is 2.10. The summed E-state index contributed by atoms with van der Waals surface area (Å²) in [7, 11) is -1.66. The summed E-state index contributed by atoms with van der Waals surface area (Å²) >= 11 is 0. The molecule has 1 fully saturated rings. The third kappa shape index (κ3) is 4.04. The monoisotopic (exact) mass is 282 g/mol. The molecule has 5 nitrogen and oxygen atoms in total. The normalized spacial score (nSPS) is 19.9. The van der Waals surface area contributed by atoms with Crippen LogP contribution in [-0.2, 0) is 21.2 Å². The smallest absolute Gasteiger partial charge is 0.224 e. The first-order chi connectivity index (χ1) is 8.96. The van der Waals surface area contributed by atoms with E-state index in [2.05, 4.69) is 4.72 Å². The molecule has 0 aromatic heterocycles. The summed E-state index contributed by atoms with van der Waals surface area (Å²) in [5.41, 5.74) is 0.993. The predicted molar refractivity (Wildman–Crippen MR) is 73.1 cm³/mol. The molecule has 0 radical (unpaired) electrons. The number of likely N-dealkylation sites (N-methyl/N-ethyl adjacent to an activating group) is 1. The van der Waals surface area contributed by atoms with Gasteiger partial charge in [-0.3, -0.25) is 4.79 Å². The Labute approximate surface area is 113 Å². The van der Waals surface area contributed by atoms with Crippen molar-refractivity contribution >= 4 is 15.9 Å². The van der Waals surface area contributed by atoms with Gasteiger partial charge >= 0.3 is 0 Å². The summed E-state index contributed by atoms with van der Waals surface area (Å²) in [6.07, 6.45) is 0.730. The van der Waals surface area contributed by atoms with E-state index >= 15 is 0 Å². The lowest BCUT2D eigenvalue weighted by atomic mass is 10.2. The molecule has 19 heavy (non-hydrogen) atoms. The van der Waals surface area contributed by atoms with Crippen LogP contribution in [0, 0.1) is 0 Å². The third-order valence-electron chi connectivity index (χ3n) is 3.19. The van der Waals surface area contributed by atoms with Gasteiger partial charge in [-0.25, -0.2) is 13.1 Å². The largest absolute Gasteiger partial charge is 0.344 e. The molecule has 104 valence electrons. The Balaban J connectivity index is 1.87. The first-order valence-corrected chi connectivity index (χ1v) is 7.89. The van der Waals surface area contributed by atoms with Crippen molar-refractivity contribution < 1.29 is 13.2 Å². The number of carbonyl (C=O) groups excluding carboxylic acids is 1. The lowest BCUT2D eigenvalue weighted by molar-refractivity contribution is -0.126. The molecule has 0 aliphatic carbocycles. The van der Waals surface area contributed by atoms with Gasteiger partial charge in [-0.05, 0) is 12.0 Å². The second-order valence-electron chi connectivity index (χ2n) is 4.85. The Kier molecular flexibility index (Phi) is 4.21. The zero-order valence-corrected chi connectivity index (χ0v) is 11.7. The molecule has 2 rings (SSSR count). The minimum Gasteiger partial charge on any atom is -0.344 e. The maximum absolute atomic E-state index is 11.9. The van der Waals surface area contributed by atoms with Crippen LogP contribution in [0.2, 0.25) is 0 Å². The van der Waals surface area contributed by atoms with Crippen molar-refractivity contribution in [3.05, 3.63) is 35.9 Å².